The van der Waals surface area contributed by atoms with E-state index in [2.05, 4.69) is 56.4 Å². The zero-order chi connectivity index (χ0) is 13.4. The predicted molar refractivity (Wildman–Crippen MR) is 78.0 cm³/mol. The van der Waals surface area contributed by atoms with E-state index >= 15 is 0 Å². The highest BCUT2D eigenvalue weighted by Gasteiger charge is 2.30. The van der Waals surface area contributed by atoms with Gasteiger partial charge < -0.3 is 10.1 Å². The summed E-state index contributed by atoms with van der Waals surface area (Å²) in [5.41, 5.74) is 1.43. The number of ether oxygens (including phenoxy) is 1. The smallest absolute Gasteiger partial charge is 0.0627 e. The molecule has 1 unspecified atom stereocenters. The van der Waals surface area contributed by atoms with Crippen molar-refractivity contribution in [3.63, 3.8) is 0 Å². The van der Waals surface area contributed by atoms with Crippen LogP contribution in [0.5, 0.6) is 0 Å². The maximum Gasteiger partial charge on any atom is 0.0627 e. The molecule has 102 valence electrons. The maximum atomic E-state index is 5.64. The Morgan fingerprint density at radius 2 is 1.83 bits per heavy atom. The van der Waals surface area contributed by atoms with Gasteiger partial charge in [0.25, 0.3) is 0 Å². The lowest BCUT2D eigenvalue weighted by molar-refractivity contribution is 0.0994. The van der Waals surface area contributed by atoms with E-state index in [-0.39, 0.29) is 5.41 Å². The van der Waals surface area contributed by atoms with Gasteiger partial charge in [0.2, 0.25) is 0 Å². The summed E-state index contributed by atoms with van der Waals surface area (Å²) in [7, 11) is 0. The van der Waals surface area contributed by atoms with Gasteiger partial charge in [0.05, 0.1) is 6.61 Å². The molecule has 1 atom stereocenters. The van der Waals surface area contributed by atoms with Crippen molar-refractivity contribution in [3.05, 3.63) is 35.9 Å². The number of benzene rings is 1. The van der Waals surface area contributed by atoms with Crippen molar-refractivity contribution >= 4 is 0 Å². The molecule has 0 radical (unpaired) electrons. The average molecular weight is 249 g/mol. The molecule has 1 aromatic rings. The van der Waals surface area contributed by atoms with E-state index in [9.17, 15) is 0 Å². The molecule has 0 saturated carbocycles. The fourth-order valence-corrected chi connectivity index (χ4v) is 2.15. The zero-order valence-corrected chi connectivity index (χ0v) is 12.2. The fourth-order valence-electron chi connectivity index (χ4n) is 2.15. The molecule has 2 heteroatoms. The van der Waals surface area contributed by atoms with E-state index in [1.54, 1.807) is 0 Å². The van der Waals surface area contributed by atoms with Gasteiger partial charge in [-0.1, -0.05) is 51.1 Å². The summed E-state index contributed by atoms with van der Waals surface area (Å²) >= 11 is 0. The SMILES string of the molecule is CCCNC(COCC)C(C)(C)c1ccccc1. The summed E-state index contributed by atoms with van der Waals surface area (Å²) in [6.45, 7) is 11.4. The van der Waals surface area contributed by atoms with Gasteiger partial charge in [-0.25, -0.2) is 0 Å². The lowest BCUT2D eigenvalue weighted by Gasteiger charge is -2.35. The molecule has 0 fully saturated rings. The van der Waals surface area contributed by atoms with Crippen molar-refractivity contribution in [1.82, 2.24) is 5.32 Å². The van der Waals surface area contributed by atoms with Crippen molar-refractivity contribution in [1.29, 1.82) is 0 Å². The Kier molecular flexibility index (Phi) is 6.37. The van der Waals surface area contributed by atoms with Gasteiger partial charge in [-0.05, 0) is 25.5 Å². The van der Waals surface area contributed by atoms with Crippen molar-refractivity contribution in [2.24, 2.45) is 0 Å². The van der Waals surface area contributed by atoms with E-state index in [1.165, 1.54) is 5.56 Å². The molecule has 0 aromatic heterocycles. The molecule has 1 rings (SSSR count). The van der Waals surface area contributed by atoms with E-state index in [4.69, 9.17) is 4.74 Å². The Morgan fingerprint density at radius 1 is 1.17 bits per heavy atom. The van der Waals surface area contributed by atoms with E-state index in [1.807, 2.05) is 6.92 Å². The fraction of sp³-hybridized carbons (Fsp3) is 0.625. The Bertz CT molecular complexity index is 313. The second-order valence-corrected chi connectivity index (χ2v) is 5.25. The minimum atomic E-state index is 0.0750. The molecule has 0 bridgehead atoms. The quantitative estimate of drug-likeness (QED) is 0.762. The molecule has 1 N–H and O–H groups in total. The summed E-state index contributed by atoms with van der Waals surface area (Å²) in [4.78, 5) is 0. The molecule has 1 aromatic carbocycles. The standard InChI is InChI=1S/C16H27NO/c1-5-12-17-15(13-18-6-2)16(3,4)14-10-8-7-9-11-14/h7-11,15,17H,5-6,12-13H2,1-4H3. The van der Waals surface area contributed by atoms with Crippen LogP contribution in [0.2, 0.25) is 0 Å². The molecule has 0 aliphatic heterocycles. The third-order valence-electron chi connectivity index (χ3n) is 3.52. The van der Waals surface area contributed by atoms with Crippen LogP contribution in [0.1, 0.15) is 39.7 Å². The number of hydrogen-bond donors (Lipinski definition) is 1. The largest absolute Gasteiger partial charge is 0.380 e. The normalized spacial score (nSPS) is 13.6. The van der Waals surface area contributed by atoms with Gasteiger partial charge in [-0.15, -0.1) is 0 Å². The molecular formula is C16H27NO. The predicted octanol–water partition coefficient (Wildman–Crippen LogP) is 3.37. The molecule has 0 spiro atoms. The van der Waals surface area contributed by atoms with Crippen LogP contribution in [0, 0.1) is 0 Å². The Balaban J connectivity index is 2.80. The summed E-state index contributed by atoms with van der Waals surface area (Å²) in [5.74, 6) is 0. The van der Waals surface area contributed by atoms with Crippen LogP contribution < -0.4 is 5.32 Å². The first kappa shape index (κ1) is 15.2. The van der Waals surface area contributed by atoms with Crippen LogP contribution in [0.25, 0.3) is 0 Å². The van der Waals surface area contributed by atoms with Crippen molar-refractivity contribution in [2.45, 2.75) is 45.6 Å². The molecule has 18 heavy (non-hydrogen) atoms. The topological polar surface area (TPSA) is 21.3 Å². The van der Waals surface area contributed by atoms with Crippen LogP contribution in [0.4, 0.5) is 0 Å². The van der Waals surface area contributed by atoms with Gasteiger partial charge in [-0.3, -0.25) is 0 Å². The van der Waals surface area contributed by atoms with Crippen LogP contribution in [0.3, 0.4) is 0 Å². The van der Waals surface area contributed by atoms with Gasteiger partial charge in [0.15, 0.2) is 0 Å². The Hall–Kier alpha value is -0.860. The van der Waals surface area contributed by atoms with Gasteiger partial charge in [0, 0.05) is 18.1 Å². The molecular weight excluding hydrogens is 222 g/mol. The van der Waals surface area contributed by atoms with E-state index < -0.39 is 0 Å². The first-order chi connectivity index (χ1) is 8.62. The Labute approximate surface area is 112 Å². The van der Waals surface area contributed by atoms with Crippen molar-refractivity contribution < 1.29 is 4.74 Å². The third-order valence-corrected chi connectivity index (χ3v) is 3.52. The van der Waals surface area contributed by atoms with Crippen LogP contribution in [-0.4, -0.2) is 25.8 Å². The van der Waals surface area contributed by atoms with E-state index in [0.717, 1.165) is 26.2 Å². The third kappa shape index (κ3) is 4.11. The lowest BCUT2D eigenvalue weighted by atomic mass is 9.78. The van der Waals surface area contributed by atoms with E-state index in [0.29, 0.717) is 6.04 Å². The minimum Gasteiger partial charge on any atom is -0.380 e. The van der Waals surface area contributed by atoms with Crippen LogP contribution >= 0.6 is 0 Å². The second kappa shape index (κ2) is 7.55. The summed E-state index contributed by atoms with van der Waals surface area (Å²) in [6, 6.07) is 11.0. The number of nitrogens with one attached hydrogen (secondary N) is 1. The highest BCUT2D eigenvalue weighted by atomic mass is 16.5. The molecule has 0 amide bonds. The highest BCUT2D eigenvalue weighted by Crippen LogP contribution is 2.27. The summed E-state index contributed by atoms with van der Waals surface area (Å²) in [5, 5.41) is 3.62. The number of rotatable bonds is 8. The van der Waals surface area contributed by atoms with Gasteiger partial charge in [0.1, 0.15) is 0 Å². The first-order valence-corrected chi connectivity index (χ1v) is 6.99. The summed E-state index contributed by atoms with van der Waals surface area (Å²) < 4.78 is 5.64. The highest BCUT2D eigenvalue weighted by molar-refractivity contribution is 5.25. The second-order valence-electron chi connectivity index (χ2n) is 5.25. The summed E-state index contributed by atoms with van der Waals surface area (Å²) in [6.07, 6.45) is 1.15. The first-order valence-electron chi connectivity index (χ1n) is 6.99. The molecule has 0 heterocycles. The molecule has 0 saturated heterocycles. The average Bonchev–Trinajstić information content (AvgIpc) is 2.39. The maximum absolute atomic E-state index is 5.64. The minimum absolute atomic E-state index is 0.0750. The van der Waals surface area contributed by atoms with Gasteiger partial charge >= 0.3 is 0 Å². The van der Waals surface area contributed by atoms with Crippen molar-refractivity contribution in [2.75, 3.05) is 19.8 Å². The van der Waals surface area contributed by atoms with Crippen LogP contribution in [-0.2, 0) is 10.2 Å². The molecule has 0 aliphatic carbocycles. The Morgan fingerprint density at radius 3 is 2.39 bits per heavy atom. The van der Waals surface area contributed by atoms with Crippen molar-refractivity contribution in [3.8, 4) is 0 Å². The molecule has 2 nitrogen and oxygen atoms in total. The zero-order valence-electron chi connectivity index (χ0n) is 12.2. The monoisotopic (exact) mass is 249 g/mol. The molecule has 0 aliphatic rings. The van der Waals surface area contributed by atoms with Gasteiger partial charge in [-0.2, -0.15) is 0 Å². The number of hydrogen-bond acceptors (Lipinski definition) is 2. The lowest BCUT2D eigenvalue weighted by Crippen LogP contribution is -2.48. The van der Waals surface area contributed by atoms with Crippen LogP contribution in [0.15, 0.2) is 30.3 Å².